The smallest absolute Gasteiger partial charge is 0.162 e. The first-order valence-corrected chi connectivity index (χ1v) is 7.40. The Hall–Kier alpha value is -1.16. The van der Waals surface area contributed by atoms with Crippen LogP contribution in [0.15, 0.2) is 6.07 Å². The fourth-order valence-electron chi connectivity index (χ4n) is 3.03. The SMILES string of the molecule is CNc1cc(C2CC2)nc(C2(OC)CCCCC2)n1. The van der Waals surface area contributed by atoms with E-state index in [4.69, 9.17) is 9.72 Å². The molecule has 1 aromatic rings. The van der Waals surface area contributed by atoms with Crippen LogP contribution in [0.4, 0.5) is 5.82 Å². The third-order valence-corrected chi connectivity index (χ3v) is 4.46. The molecule has 0 saturated heterocycles. The standard InChI is InChI=1S/C15H23N3O/c1-16-13-10-12(11-6-7-11)17-14(18-13)15(19-2)8-4-3-5-9-15/h10-11H,3-9H2,1-2H3,(H,16,17,18). The van der Waals surface area contributed by atoms with Crippen LogP contribution in [0.3, 0.4) is 0 Å². The van der Waals surface area contributed by atoms with Crippen LogP contribution in [-0.4, -0.2) is 24.1 Å². The van der Waals surface area contributed by atoms with Crippen molar-refractivity contribution in [2.75, 3.05) is 19.5 Å². The maximum absolute atomic E-state index is 5.87. The van der Waals surface area contributed by atoms with Gasteiger partial charge in [-0.05, 0) is 25.7 Å². The summed E-state index contributed by atoms with van der Waals surface area (Å²) in [4.78, 5) is 9.52. The summed E-state index contributed by atoms with van der Waals surface area (Å²) in [5, 5.41) is 3.16. The Labute approximate surface area is 115 Å². The van der Waals surface area contributed by atoms with Gasteiger partial charge < -0.3 is 10.1 Å². The number of nitrogens with zero attached hydrogens (tertiary/aromatic N) is 2. The van der Waals surface area contributed by atoms with Crippen LogP contribution in [0.1, 0.15) is 62.4 Å². The second-order valence-corrected chi connectivity index (χ2v) is 5.79. The molecule has 1 aromatic heterocycles. The molecule has 1 N–H and O–H groups in total. The Bertz CT molecular complexity index is 451. The molecule has 104 valence electrons. The molecule has 1 heterocycles. The Morgan fingerprint density at radius 2 is 1.95 bits per heavy atom. The normalized spacial score (nSPS) is 22.2. The number of ether oxygens (including phenoxy) is 1. The Balaban J connectivity index is 1.99. The fraction of sp³-hybridized carbons (Fsp3) is 0.733. The molecule has 4 nitrogen and oxygen atoms in total. The molecule has 0 spiro atoms. The molecule has 0 radical (unpaired) electrons. The van der Waals surface area contributed by atoms with Gasteiger partial charge in [0.15, 0.2) is 5.82 Å². The van der Waals surface area contributed by atoms with Crippen LogP contribution in [-0.2, 0) is 10.3 Å². The molecule has 2 fully saturated rings. The summed E-state index contributed by atoms with van der Waals surface area (Å²) in [7, 11) is 3.72. The van der Waals surface area contributed by atoms with Crippen LogP contribution < -0.4 is 5.32 Å². The predicted molar refractivity (Wildman–Crippen MR) is 75.3 cm³/mol. The van der Waals surface area contributed by atoms with Crippen molar-refractivity contribution in [2.45, 2.75) is 56.5 Å². The second kappa shape index (κ2) is 5.08. The Morgan fingerprint density at radius 1 is 1.21 bits per heavy atom. The summed E-state index contributed by atoms with van der Waals surface area (Å²) in [6.07, 6.45) is 8.33. The van der Waals surface area contributed by atoms with E-state index < -0.39 is 0 Å². The first-order chi connectivity index (χ1) is 9.27. The molecule has 2 aliphatic carbocycles. The highest BCUT2D eigenvalue weighted by atomic mass is 16.5. The van der Waals surface area contributed by atoms with Gasteiger partial charge in [-0.2, -0.15) is 0 Å². The molecule has 19 heavy (non-hydrogen) atoms. The first-order valence-electron chi connectivity index (χ1n) is 7.40. The predicted octanol–water partition coefficient (Wildman–Crippen LogP) is 3.20. The summed E-state index contributed by atoms with van der Waals surface area (Å²) in [5.41, 5.74) is 0.936. The molecule has 0 aromatic carbocycles. The molecule has 0 atom stereocenters. The molecule has 2 saturated carbocycles. The minimum atomic E-state index is -0.255. The largest absolute Gasteiger partial charge is 0.373 e. The monoisotopic (exact) mass is 261 g/mol. The zero-order valence-electron chi connectivity index (χ0n) is 11.9. The Morgan fingerprint density at radius 3 is 2.53 bits per heavy atom. The van der Waals surface area contributed by atoms with Crippen molar-refractivity contribution in [1.82, 2.24) is 9.97 Å². The average molecular weight is 261 g/mol. The molecule has 4 heteroatoms. The van der Waals surface area contributed by atoms with Crippen LogP contribution in [0, 0.1) is 0 Å². The van der Waals surface area contributed by atoms with Crippen molar-refractivity contribution in [2.24, 2.45) is 0 Å². The molecule has 0 amide bonds. The summed E-state index contributed by atoms with van der Waals surface area (Å²) in [5.74, 6) is 2.46. The van der Waals surface area contributed by atoms with Crippen LogP contribution in [0.2, 0.25) is 0 Å². The molecular weight excluding hydrogens is 238 g/mol. The van der Waals surface area contributed by atoms with E-state index in [1.165, 1.54) is 37.8 Å². The number of aromatic nitrogens is 2. The fourth-order valence-corrected chi connectivity index (χ4v) is 3.03. The number of rotatable bonds is 4. The minimum absolute atomic E-state index is 0.255. The third-order valence-electron chi connectivity index (χ3n) is 4.46. The van der Waals surface area contributed by atoms with Gasteiger partial charge in [0, 0.05) is 31.8 Å². The van der Waals surface area contributed by atoms with Gasteiger partial charge in [0.05, 0.1) is 0 Å². The van der Waals surface area contributed by atoms with Crippen molar-refractivity contribution in [3.63, 3.8) is 0 Å². The molecule has 2 aliphatic rings. The van der Waals surface area contributed by atoms with Crippen molar-refractivity contribution >= 4 is 5.82 Å². The van der Waals surface area contributed by atoms with E-state index in [-0.39, 0.29) is 5.60 Å². The zero-order valence-corrected chi connectivity index (χ0v) is 11.9. The van der Waals surface area contributed by atoms with Crippen LogP contribution in [0.5, 0.6) is 0 Å². The van der Waals surface area contributed by atoms with E-state index >= 15 is 0 Å². The van der Waals surface area contributed by atoms with Crippen molar-refractivity contribution in [3.8, 4) is 0 Å². The van der Waals surface area contributed by atoms with Gasteiger partial charge in [0.1, 0.15) is 11.4 Å². The number of anilines is 1. The van der Waals surface area contributed by atoms with Gasteiger partial charge in [0.2, 0.25) is 0 Å². The quantitative estimate of drug-likeness (QED) is 0.904. The molecule has 0 bridgehead atoms. The van der Waals surface area contributed by atoms with Gasteiger partial charge in [-0.3, -0.25) is 0 Å². The number of nitrogens with one attached hydrogen (secondary N) is 1. The van der Waals surface area contributed by atoms with Crippen molar-refractivity contribution < 1.29 is 4.74 Å². The lowest BCUT2D eigenvalue weighted by Crippen LogP contribution is -2.33. The Kier molecular flexibility index (Phi) is 3.44. The summed E-state index contributed by atoms with van der Waals surface area (Å²) in [6, 6.07) is 2.09. The molecule has 0 aliphatic heterocycles. The van der Waals surface area contributed by atoms with Crippen molar-refractivity contribution in [3.05, 3.63) is 17.6 Å². The van der Waals surface area contributed by atoms with Gasteiger partial charge in [-0.25, -0.2) is 9.97 Å². The van der Waals surface area contributed by atoms with E-state index in [0.29, 0.717) is 5.92 Å². The zero-order chi connectivity index (χ0) is 13.3. The maximum atomic E-state index is 5.87. The highest BCUT2D eigenvalue weighted by Gasteiger charge is 2.38. The molecular formula is C15H23N3O. The van der Waals surface area contributed by atoms with E-state index in [0.717, 1.165) is 24.5 Å². The van der Waals surface area contributed by atoms with Gasteiger partial charge >= 0.3 is 0 Å². The lowest BCUT2D eigenvalue weighted by Gasteiger charge is -2.34. The molecule has 3 rings (SSSR count). The summed E-state index contributed by atoms with van der Waals surface area (Å²) >= 11 is 0. The topological polar surface area (TPSA) is 47.0 Å². The highest BCUT2D eigenvalue weighted by Crippen LogP contribution is 2.42. The average Bonchev–Trinajstić information content (AvgIpc) is 3.32. The third kappa shape index (κ3) is 2.46. The lowest BCUT2D eigenvalue weighted by molar-refractivity contribution is -0.0515. The van der Waals surface area contributed by atoms with Crippen molar-refractivity contribution in [1.29, 1.82) is 0 Å². The van der Waals surface area contributed by atoms with E-state index in [1.807, 2.05) is 7.05 Å². The van der Waals surface area contributed by atoms with Gasteiger partial charge in [-0.1, -0.05) is 19.3 Å². The van der Waals surface area contributed by atoms with E-state index in [1.54, 1.807) is 7.11 Å². The summed E-state index contributed by atoms with van der Waals surface area (Å²) < 4.78 is 5.87. The maximum Gasteiger partial charge on any atom is 0.162 e. The number of hydrogen-bond acceptors (Lipinski definition) is 4. The van der Waals surface area contributed by atoms with E-state index in [2.05, 4.69) is 16.4 Å². The first kappa shape index (κ1) is 12.9. The number of methoxy groups -OCH3 is 1. The minimum Gasteiger partial charge on any atom is -0.373 e. The second-order valence-electron chi connectivity index (χ2n) is 5.79. The van der Waals surface area contributed by atoms with E-state index in [9.17, 15) is 0 Å². The summed E-state index contributed by atoms with van der Waals surface area (Å²) in [6.45, 7) is 0. The lowest BCUT2D eigenvalue weighted by atomic mass is 9.84. The van der Waals surface area contributed by atoms with Gasteiger partial charge in [-0.15, -0.1) is 0 Å². The van der Waals surface area contributed by atoms with Gasteiger partial charge in [0.25, 0.3) is 0 Å². The highest BCUT2D eigenvalue weighted by molar-refractivity contribution is 5.38. The molecule has 0 unspecified atom stereocenters. The van der Waals surface area contributed by atoms with Crippen LogP contribution >= 0.6 is 0 Å². The number of hydrogen-bond donors (Lipinski definition) is 1. The van der Waals surface area contributed by atoms with Crippen LogP contribution in [0.25, 0.3) is 0 Å².